The lowest BCUT2D eigenvalue weighted by Gasteiger charge is -2.12. The Balaban J connectivity index is 1.65. The van der Waals surface area contributed by atoms with Crippen molar-refractivity contribution in [1.82, 2.24) is 0 Å². The molecule has 126 valence electrons. The largest absolute Gasteiger partial charge is 0.491 e. The van der Waals surface area contributed by atoms with Crippen LogP contribution in [0.15, 0.2) is 46.9 Å². The Bertz CT molecular complexity index is 726. The number of nitrogens with one attached hydrogen (secondary N) is 1. The monoisotopic (exact) mass is 389 g/mol. The summed E-state index contributed by atoms with van der Waals surface area (Å²) in [4.78, 5) is 12.5. The first-order chi connectivity index (χ1) is 11.6. The fourth-order valence-electron chi connectivity index (χ4n) is 2.61. The molecule has 1 amide bonds. The van der Waals surface area contributed by atoms with Gasteiger partial charge in [-0.05, 0) is 71.6 Å². The Labute approximate surface area is 150 Å². The zero-order chi connectivity index (χ0) is 16.9. The molecule has 1 saturated heterocycles. The average Bonchev–Trinajstić information content (AvgIpc) is 3.09. The minimum atomic E-state index is -0.165. The molecule has 1 fully saturated rings. The van der Waals surface area contributed by atoms with Crippen molar-refractivity contribution in [2.24, 2.45) is 0 Å². The lowest BCUT2D eigenvalue weighted by molar-refractivity contribution is 0.0679. The topological polar surface area (TPSA) is 47.6 Å². The van der Waals surface area contributed by atoms with E-state index >= 15 is 0 Å². The van der Waals surface area contributed by atoms with Gasteiger partial charge in [0.15, 0.2) is 0 Å². The van der Waals surface area contributed by atoms with Crippen molar-refractivity contribution in [3.8, 4) is 5.75 Å². The van der Waals surface area contributed by atoms with Crippen molar-refractivity contribution < 1.29 is 14.3 Å². The van der Waals surface area contributed by atoms with Crippen LogP contribution in [0.3, 0.4) is 0 Å². The average molecular weight is 390 g/mol. The molecule has 3 rings (SSSR count). The predicted molar refractivity (Wildman–Crippen MR) is 97.7 cm³/mol. The Morgan fingerprint density at radius 1 is 1.33 bits per heavy atom. The number of benzene rings is 2. The van der Waals surface area contributed by atoms with Gasteiger partial charge in [-0.15, -0.1) is 0 Å². The number of carbonyl (C=O) groups is 1. The fourth-order valence-corrected chi connectivity index (χ4v) is 3.20. The van der Waals surface area contributed by atoms with Gasteiger partial charge in [0.2, 0.25) is 0 Å². The number of ether oxygens (including phenoxy) is 2. The van der Waals surface area contributed by atoms with Gasteiger partial charge in [0, 0.05) is 16.6 Å². The maximum atomic E-state index is 12.5. The summed E-state index contributed by atoms with van der Waals surface area (Å²) >= 11 is 3.47. The van der Waals surface area contributed by atoms with E-state index in [0.29, 0.717) is 17.9 Å². The molecule has 1 atom stereocenters. The molecule has 0 aromatic heterocycles. The van der Waals surface area contributed by atoms with Crippen molar-refractivity contribution in [1.29, 1.82) is 0 Å². The number of aryl methyl sites for hydroxylation is 1. The van der Waals surface area contributed by atoms with Crippen molar-refractivity contribution in [2.45, 2.75) is 25.9 Å². The summed E-state index contributed by atoms with van der Waals surface area (Å²) in [6.07, 6.45) is 2.27. The van der Waals surface area contributed by atoms with Crippen molar-refractivity contribution in [2.75, 3.05) is 18.5 Å². The maximum absolute atomic E-state index is 12.5. The molecule has 2 aromatic carbocycles. The standard InChI is InChI=1S/C19H20BrNO3/c1-13-7-8-18(17(20)10-13)21-19(22)14-4-2-5-15(11-14)24-12-16-6-3-9-23-16/h2,4-5,7-8,10-11,16H,3,6,9,12H2,1H3,(H,21,22)/t16-/m0/s1. The molecule has 1 aliphatic heterocycles. The molecular formula is C19H20BrNO3. The second-order valence-corrected chi connectivity index (χ2v) is 6.77. The molecule has 0 radical (unpaired) electrons. The van der Waals surface area contributed by atoms with E-state index in [4.69, 9.17) is 9.47 Å². The van der Waals surface area contributed by atoms with Crippen LogP contribution >= 0.6 is 15.9 Å². The van der Waals surface area contributed by atoms with Gasteiger partial charge < -0.3 is 14.8 Å². The number of amides is 1. The van der Waals surface area contributed by atoms with Crippen molar-refractivity contribution in [3.63, 3.8) is 0 Å². The van der Waals surface area contributed by atoms with Gasteiger partial charge in [0.1, 0.15) is 12.4 Å². The first-order valence-electron chi connectivity index (χ1n) is 8.04. The van der Waals surface area contributed by atoms with Crippen LogP contribution in [0.4, 0.5) is 5.69 Å². The molecule has 1 heterocycles. The quantitative estimate of drug-likeness (QED) is 0.814. The summed E-state index contributed by atoms with van der Waals surface area (Å²) < 4.78 is 12.2. The third kappa shape index (κ3) is 4.36. The number of hydrogen-bond donors (Lipinski definition) is 1. The van der Waals surface area contributed by atoms with Gasteiger partial charge in [-0.1, -0.05) is 12.1 Å². The molecule has 0 bridgehead atoms. The molecule has 4 nitrogen and oxygen atoms in total. The Morgan fingerprint density at radius 2 is 2.21 bits per heavy atom. The minimum Gasteiger partial charge on any atom is -0.491 e. The van der Waals surface area contributed by atoms with Gasteiger partial charge >= 0.3 is 0 Å². The van der Waals surface area contributed by atoms with E-state index < -0.39 is 0 Å². The van der Waals surface area contributed by atoms with E-state index in [1.807, 2.05) is 37.3 Å². The Morgan fingerprint density at radius 3 is 2.96 bits per heavy atom. The van der Waals surface area contributed by atoms with Gasteiger partial charge in [-0.25, -0.2) is 0 Å². The molecule has 5 heteroatoms. The van der Waals surface area contributed by atoms with Crippen LogP contribution in [0.1, 0.15) is 28.8 Å². The van der Waals surface area contributed by atoms with Gasteiger partial charge in [-0.2, -0.15) is 0 Å². The number of rotatable bonds is 5. The zero-order valence-corrected chi connectivity index (χ0v) is 15.1. The Hall–Kier alpha value is -1.85. The smallest absolute Gasteiger partial charge is 0.255 e. The number of anilines is 1. The molecule has 24 heavy (non-hydrogen) atoms. The number of halogens is 1. The molecular weight excluding hydrogens is 370 g/mol. The van der Waals surface area contributed by atoms with Crippen LogP contribution in [0.2, 0.25) is 0 Å². The Kier molecular flexibility index (Phi) is 5.53. The third-order valence-corrected chi connectivity index (χ3v) is 4.58. The van der Waals surface area contributed by atoms with Crippen molar-refractivity contribution >= 4 is 27.5 Å². The van der Waals surface area contributed by atoms with E-state index in [0.717, 1.165) is 35.2 Å². The van der Waals surface area contributed by atoms with E-state index in [2.05, 4.69) is 21.2 Å². The second kappa shape index (κ2) is 7.81. The minimum absolute atomic E-state index is 0.158. The first-order valence-corrected chi connectivity index (χ1v) is 8.83. The third-order valence-electron chi connectivity index (χ3n) is 3.93. The van der Waals surface area contributed by atoms with Gasteiger partial charge in [-0.3, -0.25) is 4.79 Å². The summed E-state index contributed by atoms with van der Waals surface area (Å²) in [5.41, 5.74) is 2.44. The summed E-state index contributed by atoms with van der Waals surface area (Å²) in [5, 5.41) is 2.91. The normalized spacial score (nSPS) is 16.8. The summed E-state index contributed by atoms with van der Waals surface area (Å²) in [5.74, 6) is 0.517. The first kappa shape index (κ1) is 17.0. The summed E-state index contributed by atoms with van der Waals surface area (Å²) in [6, 6.07) is 13.0. The van der Waals surface area contributed by atoms with Crippen LogP contribution in [-0.2, 0) is 4.74 Å². The van der Waals surface area contributed by atoms with Crippen LogP contribution in [0, 0.1) is 6.92 Å². The van der Waals surface area contributed by atoms with E-state index in [1.165, 1.54) is 0 Å². The molecule has 1 N–H and O–H groups in total. The predicted octanol–water partition coefficient (Wildman–Crippen LogP) is 4.57. The highest BCUT2D eigenvalue weighted by molar-refractivity contribution is 9.10. The highest BCUT2D eigenvalue weighted by atomic mass is 79.9. The van der Waals surface area contributed by atoms with Gasteiger partial charge in [0.05, 0.1) is 11.8 Å². The van der Waals surface area contributed by atoms with E-state index in [-0.39, 0.29) is 12.0 Å². The van der Waals surface area contributed by atoms with Crippen LogP contribution in [-0.4, -0.2) is 25.2 Å². The second-order valence-electron chi connectivity index (χ2n) is 5.91. The molecule has 0 aliphatic carbocycles. The highest BCUT2D eigenvalue weighted by Gasteiger charge is 2.16. The lowest BCUT2D eigenvalue weighted by atomic mass is 10.2. The molecule has 0 spiro atoms. The van der Waals surface area contributed by atoms with E-state index in [1.54, 1.807) is 12.1 Å². The highest BCUT2D eigenvalue weighted by Crippen LogP contribution is 2.24. The van der Waals surface area contributed by atoms with Crippen LogP contribution in [0.25, 0.3) is 0 Å². The van der Waals surface area contributed by atoms with Crippen molar-refractivity contribution in [3.05, 3.63) is 58.1 Å². The summed E-state index contributed by atoms with van der Waals surface area (Å²) in [7, 11) is 0. The summed E-state index contributed by atoms with van der Waals surface area (Å²) in [6.45, 7) is 3.34. The molecule has 0 saturated carbocycles. The number of hydrogen-bond acceptors (Lipinski definition) is 3. The molecule has 2 aromatic rings. The lowest BCUT2D eigenvalue weighted by Crippen LogP contribution is -2.17. The maximum Gasteiger partial charge on any atom is 0.255 e. The zero-order valence-electron chi connectivity index (χ0n) is 13.5. The van der Waals surface area contributed by atoms with Gasteiger partial charge in [0.25, 0.3) is 5.91 Å². The fraction of sp³-hybridized carbons (Fsp3) is 0.316. The van der Waals surface area contributed by atoms with E-state index in [9.17, 15) is 4.79 Å². The number of carbonyl (C=O) groups excluding carboxylic acids is 1. The molecule has 0 unspecified atom stereocenters. The van der Waals surface area contributed by atoms with Crippen LogP contribution in [0.5, 0.6) is 5.75 Å². The SMILES string of the molecule is Cc1ccc(NC(=O)c2cccc(OC[C@@H]3CCCO3)c2)c(Br)c1. The molecule has 1 aliphatic rings. The van der Waals surface area contributed by atoms with Crippen LogP contribution < -0.4 is 10.1 Å².